The number of carbonyl (C=O) groups is 2. The summed E-state index contributed by atoms with van der Waals surface area (Å²) >= 11 is 0. The number of morpholine rings is 1. The predicted octanol–water partition coefficient (Wildman–Crippen LogP) is 1.94. The lowest BCUT2D eigenvalue weighted by Gasteiger charge is -2.34. The van der Waals surface area contributed by atoms with Crippen LogP contribution in [0.4, 0.5) is 19.0 Å². The van der Waals surface area contributed by atoms with Gasteiger partial charge in [-0.25, -0.2) is 24.7 Å². The van der Waals surface area contributed by atoms with Gasteiger partial charge in [-0.2, -0.15) is 13.2 Å². The highest BCUT2D eigenvalue weighted by atomic mass is 19.4. The van der Waals surface area contributed by atoms with Gasteiger partial charge in [0.2, 0.25) is 0 Å². The molecule has 1 atom stereocenters. The van der Waals surface area contributed by atoms with E-state index in [0.717, 1.165) is 18.3 Å². The number of carbonyl (C=O) groups excluding carboxylic acids is 1. The fourth-order valence-corrected chi connectivity index (χ4v) is 2.83. The molecule has 2 aliphatic rings. The Morgan fingerprint density at radius 3 is 2.59 bits per heavy atom. The van der Waals surface area contributed by atoms with Crippen molar-refractivity contribution < 1.29 is 32.6 Å². The Bertz CT molecular complexity index is 927. The summed E-state index contributed by atoms with van der Waals surface area (Å²) in [6.45, 7) is 2.29. The van der Waals surface area contributed by atoms with Crippen molar-refractivity contribution in [1.82, 2.24) is 24.8 Å². The van der Waals surface area contributed by atoms with Crippen LogP contribution >= 0.6 is 0 Å². The maximum Gasteiger partial charge on any atom is 0.490 e. The number of hydrogen-bond acceptors (Lipinski definition) is 8. The number of alkyl halides is 3. The zero-order valence-corrected chi connectivity index (χ0v) is 16.8. The lowest BCUT2D eigenvalue weighted by atomic mass is 10.2. The predicted molar refractivity (Wildman–Crippen MR) is 104 cm³/mol. The molecule has 0 spiro atoms. The zero-order valence-electron chi connectivity index (χ0n) is 16.8. The first-order chi connectivity index (χ1) is 15.3. The molecule has 1 aliphatic heterocycles. The summed E-state index contributed by atoms with van der Waals surface area (Å²) in [7, 11) is 0. The number of amides is 1. The van der Waals surface area contributed by atoms with Crippen molar-refractivity contribution in [2.75, 3.05) is 31.6 Å². The van der Waals surface area contributed by atoms with Gasteiger partial charge in [0.15, 0.2) is 5.82 Å². The van der Waals surface area contributed by atoms with Gasteiger partial charge in [-0.3, -0.25) is 4.79 Å². The number of hydrogen-bond donors (Lipinski definition) is 2. The average Bonchev–Trinajstić information content (AvgIpc) is 3.62. The molecule has 1 saturated carbocycles. The van der Waals surface area contributed by atoms with Gasteiger partial charge >= 0.3 is 12.1 Å². The summed E-state index contributed by atoms with van der Waals surface area (Å²) in [5.41, 5.74) is 0.366. The number of rotatable bonds is 5. The van der Waals surface area contributed by atoms with Gasteiger partial charge in [0.25, 0.3) is 5.91 Å². The van der Waals surface area contributed by atoms with Crippen LogP contribution in [0.3, 0.4) is 0 Å². The molecule has 172 valence electrons. The molecule has 2 N–H and O–H groups in total. The number of carboxylic acid groups (broad SMARTS) is 1. The second-order valence-electron chi connectivity index (χ2n) is 7.11. The smallest absolute Gasteiger partial charge is 0.475 e. The Morgan fingerprint density at radius 1 is 1.22 bits per heavy atom. The summed E-state index contributed by atoms with van der Waals surface area (Å²) in [6, 6.07) is 3.15. The van der Waals surface area contributed by atoms with E-state index >= 15 is 0 Å². The van der Waals surface area contributed by atoms with Crippen molar-refractivity contribution in [3.8, 4) is 0 Å². The maximum atomic E-state index is 12.8. The van der Waals surface area contributed by atoms with Crippen LogP contribution in [0, 0.1) is 5.92 Å². The highest BCUT2D eigenvalue weighted by Gasteiger charge is 2.38. The molecule has 0 bridgehead atoms. The fourth-order valence-electron chi connectivity index (χ4n) is 2.83. The van der Waals surface area contributed by atoms with E-state index in [9.17, 15) is 18.0 Å². The molecular formula is C19H21F3N6O4. The summed E-state index contributed by atoms with van der Waals surface area (Å²) in [5.74, 6) is -0.782. The van der Waals surface area contributed by atoms with Gasteiger partial charge in [-0.1, -0.05) is 0 Å². The third-order valence-corrected chi connectivity index (χ3v) is 4.67. The van der Waals surface area contributed by atoms with Crippen molar-refractivity contribution in [3.63, 3.8) is 0 Å². The maximum absolute atomic E-state index is 12.8. The zero-order chi connectivity index (χ0) is 23.1. The van der Waals surface area contributed by atoms with Crippen LogP contribution in [-0.4, -0.2) is 74.3 Å². The normalized spacial score (nSPS) is 18.3. The Kier molecular flexibility index (Phi) is 7.51. The summed E-state index contributed by atoms with van der Waals surface area (Å²) in [5, 5.41) is 10.5. The van der Waals surface area contributed by atoms with Crippen molar-refractivity contribution in [1.29, 1.82) is 0 Å². The largest absolute Gasteiger partial charge is 0.490 e. The van der Waals surface area contributed by atoms with E-state index in [1.165, 1.54) is 19.2 Å². The highest BCUT2D eigenvalue weighted by Crippen LogP contribution is 2.29. The molecule has 13 heteroatoms. The average molecular weight is 454 g/mol. The number of anilines is 1. The van der Waals surface area contributed by atoms with Gasteiger partial charge in [-0.05, 0) is 30.9 Å². The molecule has 2 aromatic heterocycles. The molecule has 32 heavy (non-hydrogen) atoms. The molecule has 0 aromatic carbocycles. The first-order valence-corrected chi connectivity index (χ1v) is 9.77. The van der Waals surface area contributed by atoms with Crippen molar-refractivity contribution in [2.24, 2.45) is 5.92 Å². The van der Waals surface area contributed by atoms with Crippen LogP contribution in [0.2, 0.25) is 0 Å². The van der Waals surface area contributed by atoms with Gasteiger partial charge in [0.1, 0.15) is 23.9 Å². The number of ether oxygens (including phenoxy) is 1. The van der Waals surface area contributed by atoms with Crippen LogP contribution in [0.25, 0.3) is 0 Å². The Morgan fingerprint density at radius 2 is 1.97 bits per heavy atom. The second-order valence-corrected chi connectivity index (χ2v) is 7.11. The number of nitrogens with zero attached hydrogens (tertiary/aromatic N) is 5. The third-order valence-electron chi connectivity index (χ3n) is 4.67. The molecule has 1 unspecified atom stereocenters. The molecule has 2 aromatic rings. The first-order valence-electron chi connectivity index (χ1n) is 9.77. The fraction of sp³-hybridized carbons (Fsp3) is 0.474. The molecule has 2 fully saturated rings. The number of aromatic nitrogens is 4. The van der Waals surface area contributed by atoms with E-state index in [0.29, 0.717) is 31.3 Å². The van der Waals surface area contributed by atoms with Crippen LogP contribution in [0.5, 0.6) is 0 Å². The Hall–Kier alpha value is -3.35. The number of carboxylic acids is 1. The Balaban J connectivity index is 0.000000360. The van der Waals surface area contributed by atoms with E-state index in [4.69, 9.17) is 14.6 Å². The van der Waals surface area contributed by atoms with Gasteiger partial charge in [-0.15, -0.1) is 0 Å². The SMILES string of the molecule is O=C(O)C(F)(F)F.O=C(c1ccncn1)N1CCOCC1c1nccc(NCC2CC2)n1. The molecule has 4 rings (SSSR count). The van der Waals surface area contributed by atoms with E-state index in [-0.39, 0.29) is 11.9 Å². The standard InChI is InChI=1S/C17H20N6O2.C2HF3O2/c24-17(13-3-5-18-11-21-13)23-7-8-25-10-14(23)16-19-6-4-15(22-16)20-9-12-1-2-12;3-2(4,5)1(6)7/h3-6,11-12,14H,1-2,7-10H2,(H,19,20,22);(H,6,7). The number of nitrogens with one attached hydrogen (secondary N) is 1. The van der Waals surface area contributed by atoms with Crippen LogP contribution in [-0.2, 0) is 9.53 Å². The topological polar surface area (TPSA) is 130 Å². The summed E-state index contributed by atoms with van der Waals surface area (Å²) in [6.07, 6.45) is 2.14. The van der Waals surface area contributed by atoms with Crippen molar-refractivity contribution in [2.45, 2.75) is 25.1 Å². The van der Waals surface area contributed by atoms with Crippen molar-refractivity contribution in [3.05, 3.63) is 42.4 Å². The monoisotopic (exact) mass is 454 g/mol. The van der Waals surface area contributed by atoms with Crippen LogP contribution < -0.4 is 5.32 Å². The summed E-state index contributed by atoms with van der Waals surface area (Å²) in [4.78, 5) is 40.3. The van der Waals surface area contributed by atoms with Crippen molar-refractivity contribution >= 4 is 17.7 Å². The lowest BCUT2D eigenvalue weighted by Crippen LogP contribution is -2.44. The van der Waals surface area contributed by atoms with Gasteiger partial charge < -0.3 is 20.1 Å². The molecule has 3 heterocycles. The van der Waals surface area contributed by atoms with Gasteiger partial charge in [0.05, 0.1) is 13.2 Å². The minimum absolute atomic E-state index is 0.157. The number of halogens is 3. The third kappa shape index (κ3) is 6.57. The molecule has 1 saturated heterocycles. The summed E-state index contributed by atoms with van der Waals surface area (Å²) < 4.78 is 37.3. The number of aliphatic carboxylic acids is 1. The van der Waals surface area contributed by atoms with E-state index in [1.807, 2.05) is 6.07 Å². The minimum Gasteiger partial charge on any atom is -0.475 e. The molecular weight excluding hydrogens is 433 g/mol. The molecule has 1 amide bonds. The molecule has 10 nitrogen and oxygen atoms in total. The molecule has 0 radical (unpaired) electrons. The Labute approximate surface area is 180 Å². The first kappa shape index (κ1) is 23.3. The van der Waals surface area contributed by atoms with E-state index in [1.54, 1.807) is 23.4 Å². The van der Waals surface area contributed by atoms with Crippen LogP contribution in [0.1, 0.15) is 35.2 Å². The quantitative estimate of drug-likeness (QED) is 0.696. The molecule has 1 aliphatic carbocycles. The second kappa shape index (κ2) is 10.3. The van der Waals surface area contributed by atoms with Crippen LogP contribution in [0.15, 0.2) is 30.9 Å². The lowest BCUT2D eigenvalue weighted by molar-refractivity contribution is -0.192. The van der Waals surface area contributed by atoms with Gasteiger partial charge in [0, 0.05) is 25.5 Å². The van der Waals surface area contributed by atoms with E-state index in [2.05, 4.69) is 25.3 Å². The highest BCUT2D eigenvalue weighted by molar-refractivity contribution is 5.92. The minimum atomic E-state index is -5.08. The van der Waals surface area contributed by atoms with E-state index < -0.39 is 12.1 Å².